The van der Waals surface area contributed by atoms with Gasteiger partial charge in [0, 0.05) is 11.5 Å². The Morgan fingerprint density at radius 3 is 2.59 bits per heavy atom. The maximum Gasteiger partial charge on any atom is 0.513 e. The van der Waals surface area contributed by atoms with Crippen LogP contribution >= 0.6 is 0 Å². The summed E-state index contributed by atoms with van der Waals surface area (Å²) < 4.78 is 14.7. The van der Waals surface area contributed by atoms with Crippen LogP contribution < -0.4 is 10.1 Å². The van der Waals surface area contributed by atoms with Crippen LogP contribution in [0.3, 0.4) is 0 Å². The molecule has 1 N–H and O–H groups in total. The number of para-hydroxylation sites is 1. The van der Waals surface area contributed by atoms with Gasteiger partial charge in [0.25, 0.3) is 0 Å². The first-order chi connectivity index (χ1) is 10.6. The molecule has 22 heavy (non-hydrogen) atoms. The fraction of sp³-hybridized carbons (Fsp3) is 0.267. The third-order valence-corrected chi connectivity index (χ3v) is 2.64. The van der Waals surface area contributed by atoms with Crippen LogP contribution in [-0.2, 0) is 9.47 Å². The van der Waals surface area contributed by atoms with Crippen LogP contribution in [0.25, 0.3) is 10.9 Å². The van der Waals surface area contributed by atoms with Crippen LogP contribution in [0.2, 0.25) is 0 Å². The van der Waals surface area contributed by atoms with E-state index in [2.05, 4.69) is 10.3 Å². The van der Waals surface area contributed by atoms with Crippen molar-refractivity contribution in [2.24, 2.45) is 0 Å². The molecule has 0 aliphatic carbocycles. The first-order valence-electron chi connectivity index (χ1n) is 6.82. The number of rotatable bonds is 4. The number of ether oxygens (including phenoxy) is 3. The molecule has 1 aromatic carbocycles. The largest absolute Gasteiger partial charge is 0.513 e. The van der Waals surface area contributed by atoms with Crippen LogP contribution in [0.15, 0.2) is 30.3 Å². The molecule has 1 aromatic heterocycles. The lowest BCUT2D eigenvalue weighted by atomic mass is 10.2. The fourth-order valence-electron chi connectivity index (χ4n) is 1.80. The molecular formula is C15H16N2O5. The number of nitrogens with one attached hydrogen (secondary N) is 1. The van der Waals surface area contributed by atoms with Crippen molar-refractivity contribution in [1.29, 1.82) is 0 Å². The quantitative estimate of drug-likeness (QED) is 0.872. The summed E-state index contributed by atoms with van der Waals surface area (Å²) in [5.74, 6) is 0.465. The summed E-state index contributed by atoms with van der Waals surface area (Å²) in [6, 6.07) is 8.52. The van der Waals surface area contributed by atoms with Crippen molar-refractivity contribution in [2.75, 3.05) is 18.5 Å². The highest BCUT2D eigenvalue weighted by atomic mass is 16.7. The smallest absolute Gasteiger partial charge is 0.450 e. The van der Waals surface area contributed by atoms with E-state index in [1.807, 2.05) is 0 Å². The third-order valence-electron chi connectivity index (χ3n) is 2.64. The van der Waals surface area contributed by atoms with Crippen molar-refractivity contribution in [3.05, 3.63) is 30.3 Å². The molecule has 1 heterocycles. The zero-order valence-corrected chi connectivity index (χ0v) is 12.3. The first kappa shape index (κ1) is 15.6. The Labute approximate surface area is 127 Å². The number of hydrogen-bond acceptors (Lipinski definition) is 6. The van der Waals surface area contributed by atoms with E-state index in [0.717, 1.165) is 0 Å². The maximum atomic E-state index is 11.5. The number of aromatic nitrogens is 1. The molecule has 0 radical (unpaired) electrons. The van der Waals surface area contributed by atoms with Crippen LogP contribution in [0.4, 0.5) is 15.4 Å². The molecule has 7 nitrogen and oxygen atoms in total. The van der Waals surface area contributed by atoms with E-state index < -0.39 is 12.2 Å². The second kappa shape index (κ2) is 7.26. The lowest BCUT2D eigenvalue weighted by Gasteiger charge is -2.10. The Morgan fingerprint density at radius 1 is 1.14 bits per heavy atom. The van der Waals surface area contributed by atoms with Crippen molar-refractivity contribution >= 4 is 29.0 Å². The summed E-state index contributed by atoms with van der Waals surface area (Å²) in [6.45, 7) is 3.82. The molecular weight excluding hydrogens is 288 g/mol. The number of pyridine rings is 1. The van der Waals surface area contributed by atoms with Crippen molar-refractivity contribution in [2.45, 2.75) is 13.8 Å². The molecule has 0 aliphatic rings. The number of benzene rings is 1. The van der Waals surface area contributed by atoms with Gasteiger partial charge in [0.2, 0.25) is 0 Å². The standard InChI is InChI=1S/C15H16N2O5/c1-3-20-14(18)17-13-9-12(22-15(19)21-4-2)10-7-5-6-8-11(10)16-13/h5-9H,3-4H2,1-2H3,(H,16,17,18). The predicted octanol–water partition coefficient (Wildman–Crippen LogP) is 3.34. The van der Waals surface area contributed by atoms with E-state index >= 15 is 0 Å². The molecule has 1 amide bonds. The number of anilines is 1. The van der Waals surface area contributed by atoms with Gasteiger partial charge in [-0.25, -0.2) is 14.6 Å². The average molecular weight is 304 g/mol. The van der Waals surface area contributed by atoms with E-state index in [0.29, 0.717) is 10.9 Å². The highest BCUT2D eigenvalue weighted by Gasteiger charge is 2.13. The lowest BCUT2D eigenvalue weighted by molar-refractivity contribution is 0.105. The molecule has 0 fully saturated rings. The molecule has 0 unspecified atom stereocenters. The summed E-state index contributed by atoms with van der Waals surface area (Å²) in [7, 11) is 0. The summed E-state index contributed by atoms with van der Waals surface area (Å²) in [4.78, 5) is 27.3. The summed E-state index contributed by atoms with van der Waals surface area (Å²) in [5.41, 5.74) is 0.566. The molecule has 0 aliphatic heterocycles. The van der Waals surface area contributed by atoms with E-state index in [1.54, 1.807) is 38.1 Å². The Morgan fingerprint density at radius 2 is 1.86 bits per heavy atom. The number of carbonyl (C=O) groups is 2. The normalized spacial score (nSPS) is 10.1. The van der Waals surface area contributed by atoms with Gasteiger partial charge in [0.05, 0.1) is 18.7 Å². The molecule has 0 saturated heterocycles. The lowest BCUT2D eigenvalue weighted by Crippen LogP contribution is -2.15. The van der Waals surface area contributed by atoms with Gasteiger partial charge in [-0.05, 0) is 26.0 Å². The van der Waals surface area contributed by atoms with Crippen molar-refractivity contribution in [3.8, 4) is 5.75 Å². The Bertz CT molecular complexity index is 687. The molecule has 0 atom stereocenters. The van der Waals surface area contributed by atoms with Gasteiger partial charge in [-0.3, -0.25) is 5.32 Å². The van der Waals surface area contributed by atoms with E-state index in [1.165, 1.54) is 6.07 Å². The molecule has 0 saturated carbocycles. The molecule has 2 aromatic rings. The van der Waals surface area contributed by atoms with Crippen molar-refractivity contribution in [1.82, 2.24) is 4.98 Å². The van der Waals surface area contributed by atoms with Crippen LogP contribution in [-0.4, -0.2) is 30.4 Å². The number of carbonyl (C=O) groups excluding carboxylic acids is 2. The second-order valence-corrected chi connectivity index (χ2v) is 4.15. The van der Waals surface area contributed by atoms with E-state index in [4.69, 9.17) is 14.2 Å². The van der Waals surface area contributed by atoms with E-state index in [-0.39, 0.29) is 24.8 Å². The molecule has 0 spiro atoms. The van der Waals surface area contributed by atoms with Gasteiger partial charge in [-0.1, -0.05) is 12.1 Å². The highest BCUT2D eigenvalue weighted by molar-refractivity contribution is 5.91. The average Bonchev–Trinajstić information content (AvgIpc) is 2.47. The molecule has 2 rings (SSSR count). The van der Waals surface area contributed by atoms with Gasteiger partial charge in [0.1, 0.15) is 11.6 Å². The Kier molecular flexibility index (Phi) is 5.13. The molecule has 0 bridgehead atoms. The zero-order chi connectivity index (χ0) is 15.9. The predicted molar refractivity (Wildman–Crippen MR) is 80.0 cm³/mol. The van der Waals surface area contributed by atoms with Gasteiger partial charge < -0.3 is 14.2 Å². The van der Waals surface area contributed by atoms with Crippen molar-refractivity contribution < 1.29 is 23.8 Å². The van der Waals surface area contributed by atoms with Gasteiger partial charge in [-0.15, -0.1) is 0 Å². The van der Waals surface area contributed by atoms with Crippen LogP contribution in [0.5, 0.6) is 5.75 Å². The second-order valence-electron chi connectivity index (χ2n) is 4.15. The number of amides is 1. The zero-order valence-electron chi connectivity index (χ0n) is 12.3. The van der Waals surface area contributed by atoms with Crippen molar-refractivity contribution in [3.63, 3.8) is 0 Å². The number of fused-ring (bicyclic) bond motifs is 1. The highest BCUT2D eigenvalue weighted by Crippen LogP contribution is 2.27. The van der Waals surface area contributed by atoms with E-state index in [9.17, 15) is 9.59 Å². The summed E-state index contributed by atoms with van der Waals surface area (Å²) in [5, 5.41) is 3.11. The Hall–Kier alpha value is -2.83. The summed E-state index contributed by atoms with van der Waals surface area (Å²) >= 11 is 0. The fourth-order valence-corrected chi connectivity index (χ4v) is 1.80. The third kappa shape index (κ3) is 3.85. The maximum absolute atomic E-state index is 11.5. The summed E-state index contributed by atoms with van der Waals surface area (Å²) in [6.07, 6.45) is -1.45. The van der Waals surface area contributed by atoms with Crippen LogP contribution in [0.1, 0.15) is 13.8 Å². The monoisotopic (exact) mass is 304 g/mol. The minimum Gasteiger partial charge on any atom is -0.450 e. The van der Waals surface area contributed by atoms with Gasteiger partial charge in [-0.2, -0.15) is 0 Å². The van der Waals surface area contributed by atoms with Gasteiger partial charge >= 0.3 is 12.2 Å². The van der Waals surface area contributed by atoms with Gasteiger partial charge in [0.15, 0.2) is 0 Å². The molecule has 7 heteroatoms. The SMILES string of the molecule is CCOC(=O)Nc1cc(OC(=O)OCC)c2ccccc2n1. The minimum absolute atomic E-state index is 0.204. The number of hydrogen-bond donors (Lipinski definition) is 1. The molecule has 116 valence electrons. The Balaban J connectivity index is 2.34. The topological polar surface area (TPSA) is 86.8 Å². The minimum atomic E-state index is -0.819. The van der Waals surface area contributed by atoms with Crippen LogP contribution in [0, 0.1) is 0 Å². The first-order valence-corrected chi connectivity index (χ1v) is 6.82. The number of nitrogens with zero attached hydrogens (tertiary/aromatic N) is 1.